The van der Waals surface area contributed by atoms with Crippen molar-refractivity contribution in [2.75, 3.05) is 5.32 Å². The van der Waals surface area contributed by atoms with E-state index in [0.29, 0.717) is 11.3 Å². The van der Waals surface area contributed by atoms with Crippen LogP contribution in [0.4, 0.5) is 11.4 Å². The number of hydrogen-bond acceptors (Lipinski definition) is 6. The molecule has 8 nitrogen and oxygen atoms in total. The van der Waals surface area contributed by atoms with Gasteiger partial charge < -0.3 is 5.32 Å². The number of carbonyl (C=O) groups excluding carboxylic acids is 2. The molecule has 0 aliphatic carbocycles. The van der Waals surface area contributed by atoms with Crippen molar-refractivity contribution in [3.8, 4) is 12.1 Å². The third kappa shape index (κ3) is 6.26. The molecule has 0 unspecified atom stereocenters. The molecule has 2 aromatic rings. The summed E-state index contributed by atoms with van der Waals surface area (Å²) in [7, 11) is 0. The van der Waals surface area contributed by atoms with E-state index >= 15 is 0 Å². The number of nitrogens with zero attached hydrogens (tertiary/aromatic N) is 3. The van der Waals surface area contributed by atoms with Crippen LogP contribution in [0.2, 0.25) is 0 Å². The molecule has 0 saturated carbocycles. The van der Waals surface area contributed by atoms with Gasteiger partial charge in [-0.2, -0.15) is 10.5 Å². The lowest BCUT2D eigenvalue weighted by molar-refractivity contribution is -0.384. The van der Waals surface area contributed by atoms with Gasteiger partial charge in [-0.1, -0.05) is 30.3 Å². The summed E-state index contributed by atoms with van der Waals surface area (Å²) in [5.74, 6) is -1.58. The molecule has 0 bridgehead atoms. The zero-order chi connectivity index (χ0) is 21.2. The monoisotopic (exact) mass is 390 g/mol. The summed E-state index contributed by atoms with van der Waals surface area (Å²) in [4.78, 5) is 34.6. The van der Waals surface area contributed by atoms with Gasteiger partial charge in [-0.25, -0.2) is 0 Å². The summed E-state index contributed by atoms with van der Waals surface area (Å²) < 4.78 is 0. The Labute approximate surface area is 167 Å². The molecule has 0 radical (unpaired) electrons. The SMILES string of the molecule is N#CCc1ccc([C@@H](C#N)C(=O)CCCC(=O)Nc2cccc([N+](=O)[O-])c2)cc1. The van der Waals surface area contributed by atoms with Gasteiger partial charge in [0.2, 0.25) is 5.91 Å². The normalized spacial score (nSPS) is 11.0. The van der Waals surface area contributed by atoms with Crippen LogP contribution < -0.4 is 5.32 Å². The molecular formula is C21H18N4O4. The van der Waals surface area contributed by atoms with Crippen LogP contribution in [0, 0.1) is 32.8 Å². The summed E-state index contributed by atoms with van der Waals surface area (Å²) in [5, 5.41) is 31.3. The second-order valence-electron chi connectivity index (χ2n) is 6.31. The number of benzene rings is 2. The van der Waals surface area contributed by atoms with Crippen molar-refractivity contribution in [3.05, 3.63) is 69.8 Å². The number of nitrogens with one attached hydrogen (secondary N) is 1. The number of Topliss-reactive ketones (excluding diaryl/α,β-unsaturated/α-hetero) is 1. The Morgan fingerprint density at radius 1 is 1.10 bits per heavy atom. The summed E-state index contributed by atoms with van der Waals surface area (Å²) in [6, 6.07) is 16.3. The smallest absolute Gasteiger partial charge is 0.271 e. The number of non-ortho nitro benzene ring substituents is 1. The van der Waals surface area contributed by atoms with Gasteiger partial charge in [-0.15, -0.1) is 0 Å². The minimum absolute atomic E-state index is 0.0493. The molecule has 0 spiro atoms. The average molecular weight is 390 g/mol. The largest absolute Gasteiger partial charge is 0.326 e. The molecule has 2 aromatic carbocycles. The summed E-state index contributed by atoms with van der Waals surface area (Å²) in [5.41, 5.74) is 1.54. The quantitative estimate of drug-likeness (QED) is 0.512. The fourth-order valence-corrected chi connectivity index (χ4v) is 2.74. The van der Waals surface area contributed by atoms with Crippen LogP contribution in [0.15, 0.2) is 48.5 Å². The Kier molecular flexibility index (Phi) is 7.58. The van der Waals surface area contributed by atoms with Gasteiger partial charge in [0.15, 0.2) is 5.78 Å². The van der Waals surface area contributed by atoms with Gasteiger partial charge in [0, 0.05) is 30.7 Å². The van der Waals surface area contributed by atoms with Gasteiger partial charge in [-0.3, -0.25) is 19.7 Å². The van der Waals surface area contributed by atoms with Gasteiger partial charge >= 0.3 is 0 Å². The van der Waals surface area contributed by atoms with Crippen LogP contribution in [0.5, 0.6) is 0 Å². The fourth-order valence-electron chi connectivity index (χ4n) is 2.74. The first-order valence-corrected chi connectivity index (χ1v) is 8.87. The average Bonchev–Trinajstić information content (AvgIpc) is 2.70. The summed E-state index contributed by atoms with van der Waals surface area (Å²) >= 11 is 0. The maximum Gasteiger partial charge on any atom is 0.271 e. The Hall–Kier alpha value is -4.04. The highest BCUT2D eigenvalue weighted by Crippen LogP contribution is 2.21. The first-order valence-electron chi connectivity index (χ1n) is 8.87. The lowest BCUT2D eigenvalue weighted by atomic mass is 9.92. The van der Waals surface area contributed by atoms with E-state index < -0.39 is 10.8 Å². The van der Waals surface area contributed by atoms with Crippen LogP contribution >= 0.6 is 0 Å². The van der Waals surface area contributed by atoms with Crippen molar-refractivity contribution in [1.29, 1.82) is 10.5 Å². The highest BCUT2D eigenvalue weighted by atomic mass is 16.6. The van der Waals surface area contributed by atoms with E-state index in [9.17, 15) is 25.0 Å². The second-order valence-corrected chi connectivity index (χ2v) is 6.31. The Morgan fingerprint density at radius 2 is 1.83 bits per heavy atom. The molecule has 0 heterocycles. The predicted molar refractivity (Wildman–Crippen MR) is 105 cm³/mol. The summed E-state index contributed by atoms with van der Waals surface area (Å²) in [6.07, 6.45) is 0.615. The van der Waals surface area contributed by atoms with Crippen LogP contribution in [0.25, 0.3) is 0 Å². The van der Waals surface area contributed by atoms with Crippen molar-refractivity contribution < 1.29 is 14.5 Å². The van der Waals surface area contributed by atoms with Crippen molar-refractivity contribution >= 4 is 23.1 Å². The van der Waals surface area contributed by atoms with E-state index in [-0.39, 0.29) is 43.1 Å². The minimum Gasteiger partial charge on any atom is -0.326 e. The first-order chi connectivity index (χ1) is 13.9. The van der Waals surface area contributed by atoms with Crippen LogP contribution in [0.3, 0.4) is 0 Å². The molecule has 29 heavy (non-hydrogen) atoms. The maximum atomic E-state index is 12.4. The number of nitro groups is 1. The number of rotatable bonds is 9. The zero-order valence-electron chi connectivity index (χ0n) is 15.5. The standard InChI is InChI=1S/C21H18N4O4/c22-12-11-15-7-9-16(10-8-15)19(14-23)20(26)5-2-6-21(27)24-17-3-1-4-18(13-17)25(28)29/h1,3-4,7-10,13,19H,2,5-6,11H2,(H,24,27)/t19-/m1/s1. The molecule has 0 fully saturated rings. The third-order valence-corrected chi connectivity index (χ3v) is 4.22. The number of ketones is 1. The van der Waals surface area contributed by atoms with Crippen molar-refractivity contribution in [2.24, 2.45) is 0 Å². The molecule has 1 N–H and O–H groups in total. The van der Waals surface area contributed by atoms with E-state index in [2.05, 4.69) is 5.32 Å². The molecule has 0 aliphatic rings. The topological polar surface area (TPSA) is 137 Å². The van der Waals surface area contributed by atoms with E-state index in [4.69, 9.17) is 5.26 Å². The molecule has 8 heteroatoms. The van der Waals surface area contributed by atoms with Gasteiger partial charge in [0.25, 0.3) is 5.69 Å². The molecule has 0 aliphatic heterocycles. The highest BCUT2D eigenvalue weighted by Gasteiger charge is 2.20. The number of amides is 1. The number of hydrogen-bond donors (Lipinski definition) is 1. The van der Waals surface area contributed by atoms with E-state index in [1.54, 1.807) is 24.3 Å². The first kappa shape index (κ1) is 21.3. The van der Waals surface area contributed by atoms with Crippen LogP contribution in [-0.2, 0) is 16.0 Å². The maximum absolute atomic E-state index is 12.4. The third-order valence-electron chi connectivity index (χ3n) is 4.22. The Bertz CT molecular complexity index is 987. The molecule has 1 atom stereocenters. The minimum atomic E-state index is -0.925. The van der Waals surface area contributed by atoms with E-state index in [0.717, 1.165) is 5.56 Å². The molecule has 0 aromatic heterocycles. The number of anilines is 1. The number of carbonyl (C=O) groups is 2. The van der Waals surface area contributed by atoms with Crippen molar-refractivity contribution in [2.45, 2.75) is 31.6 Å². The molecule has 1 amide bonds. The Morgan fingerprint density at radius 3 is 2.45 bits per heavy atom. The number of nitro benzene ring substituents is 1. The second kappa shape index (κ2) is 10.3. The molecule has 0 saturated heterocycles. The van der Waals surface area contributed by atoms with E-state index in [1.165, 1.54) is 24.3 Å². The molecular weight excluding hydrogens is 372 g/mol. The summed E-state index contributed by atoms with van der Waals surface area (Å²) in [6.45, 7) is 0. The predicted octanol–water partition coefficient (Wildman–Crippen LogP) is 3.65. The van der Waals surface area contributed by atoms with Gasteiger partial charge in [0.1, 0.15) is 5.92 Å². The Balaban J connectivity index is 1.87. The van der Waals surface area contributed by atoms with Crippen molar-refractivity contribution in [1.82, 2.24) is 0 Å². The fraction of sp³-hybridized carbons (Fsp3) is 0.238. The van der Waals surface area contributed by atoms with Gasteiger partial charge in [-0.05, 0) is 23.6 Å². The van der Waals surface area contributed by atoms with E-state index in [1.807, 2.05) is 12.1 Å². The molecule has 146 valence electrons. The number of nitriles is 2. The van der Waals surface area contributed by atoms with Crippen molar-refractivity contribution in [3.63, 3.8) is 0 Å². The lowest BCUT2D eigenvalue weighted by Gasteiger charge is -2.09. The van der Waals surface area contributed by atoms with Gasteiger partial charge in [0.05, 0.1) is 23.5 Å². The van der Waals surface area contributed by atoms with Crippen LogP contribution in [-0.4, -0.2) is 16.6 Å². The molecule has 2 rings (SSSR count). The van der Waals surface area contributed by atoms with Crippen LogP contribution in [0.1, 0.15) is 36.3 Å². The zero-order valence-corrected chi connectivity index (χ0v) is 15.5. The lowest BCUT2D eigenvalue weighted by Crippen LogP contribution is -2.14. The highest BCUT2D eigenvalue weighted by molar-refractivity contribution is 5.92.